The highest BCUT2D eigenvalue weighted by Gasteiger charge is 2.64. The zero-order chi connectivity index (χ0) is 26.9. The van der Waals surface area contributed by atoms with Gasteiger partial charge in [0.25, 0.3) is 0 Å². The van der Waals surface area contributed by atoms with Gasteiger partial charge in [-0.15, -0.1) is 18.5 Å². The van der Waals surface area contributed by atoms with Gasteiger partial charge in [-0.25, -0.2) is 0 Å². The van der Waals surface area contributed by atoms with Crippen LogP contribution in [0.15, 0.2) is 24.3 Å². The molecule has 8 unspecified atom stereocenters. The van der Waals surface area contributed by atoms with E-state index in [1.54, 1.807) is 11.1 Å². The number of hydrogen-bond acceptors (Lipinski definition) is 0. The van der Waals surface area contributed by atoms with E-state index in [0.29, 0.717) is 43.8 Å². The van der Waals surface area contributed by atoms with Gasteiger partial charge in [-0.1, -0.05) is 65.8 Å². The Morgan fingerprint density at radius 1 is 0.579 bits per heavy atom. The third-order valence-corrected chi connectivity index (χ3v) is 16.5. The minimum absolute atomic E-state index is 0.420. The van der Waals surface area contributed by atoms with Gasteiger partial charge in [0.15, 0.2) is 0 Å². The topological polar surface area (TPSA) is 0 Å². The van der Waals surface area contributed by atoms with Gasteiger partial charge in [0.1, 0.15) is 0 Å². The van der Waals surface area contributed by atoms with Crippen LogP contribution in [0.25, 0.3) is 0 Å². The normalized spacial score (nSPS) is 46.9. The van der Waals surface area contributed by atoms with Gasteiger partial charge < -0.3 is 0 Å². The lowest BCUT2D eigenvalue weighted by molar-refractivity contribution is -0.159. The highest BCUT2D eigenvalue weighted by atomic mass is 31.0. The third kappa shape index (κ3) is 3.73. The van der Waals surface area contributed by atoms with Gasteiger partial charge in [0.2, 0.25) is 0 Å². The van der Waals surface area contributed by atoms with E-state index in [9.17, 15) is 0 Å². The maximum Gasteiger partial charge on any atom is 0.00450 e. The monoisotopic (exact) mass is 550 g/mol. The molecule has 8 aliphatic rings. The molecule has 0 saturated heterocycles. The Balaban J connectivity index is 1.25. The molecule has 8 bridgehead atoms. The molecular formula is C36H56P2. The summed E-state index contributed by atoms with van der Waals surface area (Å²) in [6.07, 6.45) is 17.9. The summed E-state index contributed by atoms with van der Waals surface area (Å²) in [4.78, 5) is 0. The summed E-state index contributed by atoms with van der Waals surface area (Å²) >= 11 is 0. The summed E-state index contributed by atoms with van der Waals surface area (Å²) in [5, 5.41) is 0. The van der Waals surface area contributed by atoms with Crippen LogP contribution in [0.3, 0.4) is 0 Å². The van der Waals surface area contributed by atoms with Gasteiger partial charge in [-0.3, -0.25) is 0 Å². The molecule has 9 rings (SSSR count). The molecule has 8 saturated carbocycles. The van der Waals surface area contributed by atoms with Crippen molar-refractivity contribution in [3.63, 3.8) is 0 Å². The highest BCUT2D eigenvalue weighted by molar-refractivity contribution is 7.17. The van der Waals surface area contributed by atoms with Crippen LogP contribution < -0.4 is 0 Å². The van der Waals surface area contributed by atoms with Crippen LogP contribution in [0.4, 0.5) is 0 Å². The molecule has 1 aromatic carbocycles. The smallest absolute Gasteiger partial charge is 0.00450 e. The molecule has 0 radical (unpaired) electrons. The molecule has 210 valence electrons. The molecule has 2 heteroatoms. The van der Waals surface area contributed by atoms with E-state index in [1.165, 1.54) is 77.0 Å². The quantitative estimate of drug-likeness (QED) is 0.327. The fourth-order valence-corrected chi connectivity index (χ4v) is 14.3. The fourth-order valence-electron chi connectivity index (χ4n) is 12.9. The highest BCUT2D eigenvalue weighted by Crippen LogP contribution is 2.76. The van der Waals surface area contributed by atoms with E-state index < -0.39 is 0 Å². The second kappa shape index (κ2) is 8.34. The number of hydrogen-bond donors (Lipinski definition) is 0. The molecular weight excluding hydrogens is 494 g/mol. The number of benzene rings is 1. The lowest BCUT2D eigenvalue weighted by Crippen LogP contribution is -2.58. The molecule has 0 aliphatic heterocycles. The van der Waals surface area contributed by atoms with Gasteiger partial charge in [-0.05, 0) is 144 Å². The lowest BCUT2D eigenvalue weighted by atomic mass is 9.38. The first-order chi connectivity index (χ1) is 17.7. The molecule has 0 nitrogen and oxygen atoms in total. The zero-order valence-corrected chi connectivity index (χ0v) is 27.7. The van der Waals surface area contributed by atoms with Crippen molar-refractivity contribution in [2.75, 3.05) is 0 Å². The van der Waals surface area contributed by atoms with E-state index in [1.807, 2.05) is 0 Å². The predicted molar refractivity (Wildman–Crippen MR) is 169 cm³/mol. The van der Waals surface area contributed by atoms with Crippen molar-refractivity contribution in [3.8, 4) is 0 Å². The van der Waals surface area contributed by atoms with Crippen molar-refractivity contribution < 1.29 is 0 Å². The SMILES string of the molecule is CC(C)(C)C12CC3CC(CC(C(P)c4ccccc4C(P)C45CC6CC(C4)CC(C(C)(C)C)(C6)C5)(C3)C1)C2. The molecule has 8 atom stereocenters. The Morgan fingerprint density at radius 3 is 1.18 bits per heavy atom. The summed E-state index contributed by atoms with van der Waals surface area (Å²) < 4.78 is 0. The van der Waals surface area contributed by atoms with Gasteiger partial charge in [0.05, 0.1) is 0 Å². The van der Waals surface area contributed by atoms with Crippen LogP contribution in [0.1, 0.15) is 141 Å². The van der Waals surface area contributed by atoms with Gasteiger partial charge in [0, 0.05) is 11.3 Å². The molecule has 0 aromatic heterocycles. The summed E-state index contributed by atoms with van der Waals surface area (Å²) in [6, 6.07) is 9.85. The van der Waals surface area contributed by atoms with Crippen molar-refractivity contribution in [1.29, 1.82) is 0 Å². The van der Waals surface area contributed by atoms with Crippen LogP contribution in [0, 0.1) is 56.2 Å². The first-order valence-corrected chi connectivity index (χ1v) is 17.6. The molecule has 0 N–H and O–H groups in total. The van der Waals surface area contributed by atoms with Crippen LogP contribution in [-0.4, -0.2) is 0 Å². The van der Waals surface area contributed by atoms with Crippen molar-refractivity contribution in [1.82, 2.24) is 0 Å². The van der Waals surface area contributed by atoms with E-state index in [-0.39, 0.29) is 0 Å². The van der Waals surface area contributed by atoms with E-state index in [4.69, 9.17) is 0 Å². The van der Waals surface area contributed by atoms with Crippen molar-refractivity contribution in [3.05, 3.63) is 35.4 Å². The standard InChI is InChI=1S/C36H56P2/c1-31(2,3)35-17-23-11-24(18-35)14-33(13-23,21-35)29(37)27-9-7-8-10-28(27)30(38)34-15-25-12-26(16-34)20-36(19-25,22-34)32(4,5)6/h7-10,23-26,29-30H,11-22,37-38H2,1-6H3. The maximum atomic E-state index is 3.50. The summed E-state index contributed by atoms with van der Waals surface area (Å²) in [5.74, 6) is 3.86. The fraction of sp³-hybridized carbons (Fsp3) is 0.833. The molecule has 0 amide bonds. The largest absolute Gasteiger partial charge is 0.129 e. The minimum atomic E-state index is 0.420. The average Bonchev–Trinajstić information content (AvgIpc) is 2.80. The summed E-state index contributed by atoms with van der Waals surface area (Å²) in [7, 11) is 7.00. The average molecular weight is 551 g/mol. The first-order valence-electron chi connectivity index (χ1n) is 16.3. The van der Waals surface area contributed by atoms with Crippen LogP contribution in [0.5, 0.6) is 0 Å². The summed E-state index contributed by atoms with van der Waals surface area (Å²) in [6.45, 7) is 15.4. The van der Waals surface area contributed by atoms with Crippen LogP contribution in [0.2, 0.25) is 0 Å². The Hall–Kier alpha value is 0.0800. The summed E-state index contributed by atoms with van der Waals surface area (Å²) in [5.41, 5.74) is 7.51. The molecule has 1 aromatic rings. The van der Waals surface area contributed by atoms with Gasteiger partial charge in [-0.2, -0.15) is 0 Å². The molecule has 8 fully saturated rings. The second-order valence-corrected chi connectivity index (χ2v) is 19.6. The van der Waals surface area contributed by atoms with E-state index >= 15 is 0 Å². The maximum absolute atomic E-state index is 3.50. The van der Waals surface area contributed by atoms with Crippen molar-refractivity contribution in [2.24, 2.45) is 56.2 Å². The molecule has 0 heterocycles. The third-order valence-electron chi connectivity index (χ3n) is 14.4. The first kappa shape index (κ1) is 26.9. The van der Waals surface area contributed by atoms with Crippen molar-refractivity contribution >= 4 is 18.5 Å². The molecule has 8 aliphatic carbocycles. The van der Waals surface area contributed by atoms with E-state index in [0.717, 1.165) is 23.7 Å². The van der Waals surface area contributed by atoms with Crippen LogP contribution >= 0.6 is 18.5 Å². The lowest BCUT2D eigenvalue weighted by Gasteiger charge is -2.68. The zero-order valence-electron chi connectivity index (χ0n) is 25.4. The predicted octanol–water partition coefficient (Wildman–Crippen LogP) is 10.8. The minimum Gasteiger partial charge on any atom is -0.129 e. The Bertz CT molecular complexity index is 986. The Labute approximate surface area is 239 Å². The number of rotatable bonds is 4. The van der Waals surface area contributed by atoms with E-state index in [2.05, 4.69) is 84.3 Å². The Kier molecular flexibility index (Phi) is 5.91. The van der Waals surface area contributed by atoms with Crippen LogP contribution in [-0.2, 0) is 0 Å². The molecule has 0 spiro atoms. The van der Waals surface area contributed by atoms with Gasteiger partial charge >= 0.3 is 0 Å². The second-order valence-electron chi connectivity index (χ2n) is 18.3. The Morgan fingerprint density at radius 2 is 0.895 bits per heavy atom. The molecule has 38 heavy (non-hydrogen) atoms. The van der Waals surface area contributed by atoms with Crippen molar-refractivity contribution in [2.45, 2.75) is 130 Å².